The number of aliphatic hydroxyl groups is 1. The molecular weight excluding hydrogens is 194 g/mol. The summed E-state index contributed by atoms with van der Waals surface area (Å²) in [6.07, 6.45) is 0. The maximum Gasteiger partial charge on any atom is 0.214 e. The quantitative estimate of drug-likeness (QED) is 0.766. The van der Waals surface area contributed by atoms with Crippen LogP contribution >= 0.6 is 0 Å². The molecule has 0 aliphatic carbocycles. The van der Waals surface area contributed by atoms with Crippen LogP contribution in [0.3, 0.4) is 0 Å². The monoisotopic (exact) mass is 203 g/mol. The highest BCUT2D eigenvalue weighted by Crippen LogP contribution is 2.10. The molecule has 0 saturated carbocycles. The van der Waals surface area contributed by atoms with Crippen LogP contribution in [0.2, 0.25) is 0 Å². The Hall–Kier alpha value is -1.94. The second-order valence-electron chi connectivity index (χ2n) is 3.03. The van der Waals surface area contributed by atoms with Crippen molar-refractivity contribution >= 4 is 5.78 Å². The second-order valence-corrected chi connectivity index (χ2v) is 3.03. The third kappa shape index (κ3) is 1.94. The summed E-state index contributed by atoms with van der Waals surface area (Å²) in [5, 5.41) is 12.3. The van der Waals surface area contributed by atoms with Crippen molar-refractivity contribution in [1.82, 2.24) is 5.16 Å². The lowest BCUT2D eigenvalue weighted by Crippen LogP contribution is -2.00. The Morgan fingerprint density at radius 1 is 1.33 bits per heavy atom. The Morgan fingerprint density at radius 3 is 2.67 bits per heavy atom. The van der Waals surface area contributed by atoms with E-state index in [4.69, 9.17) is 9.63 Å². The van der Waals surface area contributed by atoms with Crippen molar-refractivity contribution in [3.05, 3.63) is 53.4 Å². The summed E-state index contributed by atoms with van der Waals surface area (Å²) >= 11 is 0. The topological polar surface area (TPSA) is 63.3 Å². The number of ketones is 1. The Balaban J connectivity index is 2.29. The van der Waals surface area contributed by atoms with Crippen molar-refractivity contribution in [2.75, 3.05) is 0 Å². The van der Waals surface area contributed by atoms with Gasteiger partial charge in [-0.2, -0.15) is 0 Å². The van der Waals surface area contributed by atoms with E-state index < -0.39 is 0 Å². The van der Waals surface area contributed by atoms with E-state index in [-0.39, 0.29) is 23.8 Å². The molecule has 0 unspecified atom stereocenters. The number of aromatic nitrogens is 1. The summed E-state index contributed by atoms with van der Waals surface area (Å²) in [5.74, 6) is 0.0772. The predicted molar refractivity (Wildman–Crippen MR) is 52.3 cm³/mol. The van der Waals surface area contributed by atoms with Gasteiger partial charge in [0.2, 0.25) is 5.78 Å². The maximum atomic E-state index is 11.8. The molecule has 4 nitrogen and oxygen atoms in total. The summed E-state index contributed by atoms with van der Waals surface area (Å²) in [6, 6.07) is 10.2. The van der Waals surface area contributed by atoms with Crippen LogP contribution in [0.5, 0.6) is 0 Å². The van der Waals surface area contributed by atoms with Crippen molar-refractivity contribution in [2.45, 2.75) is 6.61 Å². The van der Waals surface area contributed by atoms with Crippen molar-refractivity contribution in [3.63, 3.8) is 0 Å². The summed E-state index contributed by atoms with van der Waals surface area (Å²) in [4.78, 5) is 11.8. The minimum Gasteiger partial charge on any atom is -0.388 e. The highest BCUT2D eigenvalue weighted by atomic mass is 16.5. The van der Waals surface area contributed by atoms with Gasteiger partial charge in [0, 0.05) is 11.6 Å². The van der Waals surface area contributed by atoms with Gasteiger partial charge in [-0.3, -0.25) is 4.79 Å². The second kappa shape index (κ2) is 4.06. The van der Waals surface area contributed by atoms with Gasteiger partial charge in [-0.1, -0.05) is 35.5 Å². The highest BCUT2D eigenvalue weighted by molar-refractivity contribution is 6.07. The van der Waals surface area contributed by atoms with E-state index in [1.807, 2.05) is 6.07 Å². The van der Waals surface area contributed by atoms with E-state index in [1.54, 1.807) is 24.3 Å². The summed E-state index contributed by atoms with van der Waals surface area (Å²) in [7, 11) is 0. The molecule has 0 spiro atoms. The van der Waals surface area contributed by atoms with E-state index in [0.29, 0.717) is 5.56 Å². The van der Waals surface area contributed by atoms with Crippen molar-refractivity contribution < 1.29 is 14.4 Å². The lowest BCUT2D eigenvalue weighted by Gasteiger charge is -1.94. The fourth-order valence-electron chi connectivity index (χ4n) is 1.23. The van der Waals surface area contributed by atoms with Gasteiger partial charge in [-0.05, 0) is 0 Å². The van der Waals surface area contributed by atoms with Crippen LogP contribution in [0.15, 0.2) is 40.9 Å². The first-order chi connectivity index (χ1) is 7.31. The number of hydrogen-bond donors (Lipinski definition) is 1. The third-order valence-corrected chi connectivity index (χ3v) is 1.98. The summed E-state index contributed by atoms with van der Waals surface area (Å²) < 4.78 is 4.74. The zero-order valence-corrected chi connectivity index (χ0v) is 7.88. The molecule has 0 aliphatic rings. The van der Waals surface area contributed by atoms with Gasteiger partial charge in [0.25, 0.3) is 0 Å². The number of rotatable bonds is 3. The van der Waals surface area contributed by atoms with E-state index in [9.17, 15) is 4.79 Å². The average Bonchev–Trinajstić information content (AvgIpc) is 2.78. The van der Waals surface area contributed by atoms with Crippen LogP contribution in [-0.4, -0.2) is 16.0 Å². The van der Waals surface area contributed by atoms with Gasteiger partial charge in [0.05, 0.1) is 0 Å². The molecule has 76 valence electrons. The van der Waals surface area contributed by atoms with Crippen LogP contribution in [0.25, 0.3) is 0 Å². The summed E-state index contributed by atoms with van der Waals surface area (Å²) in [6.45, 7) is -0.255. The fraction of sp³-hybridized carbons (Fsp3) is 0.0909. The molecule has 1 N–H and O–H groups in total. The molecule has 0 amide bonds. The standard InChI is InChI=1S/C11H9NO3/c13-7-9-6-10(12-15-9)11(14)8-4-2-1-3-5-8/h1-6,13H,7H2. The number of aliphatic hydroxyl groups excluding tert-OH is 1. The predicted octanol–water partition coefficient (Wildman–Crippen LogP) is 1.40. The molecule has 2 aromatic rings. The van der Waals surface area contributed by atoms with E-state index >= 15 is 0 Å². The zero-order valence-electron chi connectivity index (χ0n) is 7.88. The first-order valence-electron chi connectivity index (χ1n) is 4.47. The Labute approximate surface area is 86.1 Å². The molecule has 0 aliphatic heterocycles. The lowest BCUT2D eigenvalue weighted by atomic mass is 10.1. The van der Waals surface area contributed by atoms with Crippen LogP contribution in [0, 0.1) is 0 Å². The first kappa shape index (κ1) is 9.61. The van der Waals surface area contributed by atoms with Crippen molar-refractivity contribution in [1.29, 1.82) is 0 Å². The molecule has 1 aromatic heterocycles. The average molecular weight is 203 g/mol. The molecule has 1 heterocycles. The molecule has 0 radical (unpaired) electrons. The van der Waals surface area contributed by atoms with Gasteiger partial charge in [0.1, 0.15) is 6.61 Å². The fourth-order valence-corrected chi connectivity index (χ4v) is 1.23. The molecule has 0 atom stereocenters. The SMILES string of the molecule is O=C(c1ccccc1)c1cc(CO)on1. The molecule has 1 aromatic carbocycles. The third-order valence-electron chi connectivity index (χ3n) is 1.98. The number of benzene rings is 1. The summed E-state index contributed by atoms with van der Waals surface area (Å²) in [5.41, 5.74) is 0.764. The van der Waals surface area contributed by atoms with Gasteiger partial charge in [-0.25, -0.2) is 0 Å². The van der Waals surface area contributed by atoms with Crippen LogP contribution in [-0.2, 0) is 6.61 Å². The molecular formula is C11H9NO3. The molecule has 0 bridgehead atoms. The van der Waals surface area contributed by atoms with E-state index in [1.165, 1.54) is 6.07 Å². The lowest BCUT2D eigenvalue weighted by molar-refractivity contribution is 0.103. The number of carbonyl (C=O) groups is 1. The largest absolute Gasteiger partial charge is 0.388 e. The van der Waals surface area contributed by atoms with E-state index in [2.05, 4.69) is 5.16 Å². The Kier molecular flexibility index (Phi) is 2.60. The van der Waals surface area contributed by atoms with Gasteiger partial charge < -0.3 is 9.63 Å². The number of hydrogen-bond acceptors (Lipinski definition) is 4. The van der Waals surface area contributed by atoms with Gasteiger partial charge in [-0.15, -0.1) is 0 Å². The minimum atomic E-state index is -0.255. The molecule has 2 rings (SSSR count). The molecule has 0 saturated heterocycles. The zero-order chi connectivity index (χ0) is 10.7. The smallest absolute Gasteiger partial charge is 0.214 e. The van der Waals surface area contributed by atoms with Gasteiger partial charge >= 0.3 is 0 Å². The van der Waals surface area contributed by atoms with Crippen molar-refractivity contribution in [2.24, 2.45) is 0 Å². The number of nitrogens with zero attached hydrogens (tertiary/aromatic N) is 1. The molecule has 15 heavy (non-hydrogen) atoms. The Bertz CT molecular complexity index is 462. The van der Waals surface area contributed by atoms with Crippen LogP contribution < -0.4 is 0 Å². The van der Waals surface area contributed by atoms with Gasteiger partial charge in [0.15, 0.2) is 11.5 Å². The first-order valence-corrected chi connectivity index (χ1v) is 4.47. The Morgan fingerprint density at radius 2 is 2.07 bits per heavy atom. The molecule has 0 fully saturated rings. The van der Waals surface area contributed by atoms with E-state index in [0.717, 1.165) is 0 Å². The minimum absolute atomic E-state index is 0.209. The molecule has 4 heteroatoms. The maximum absolute atomic E-state index is 11.8. The normalized spacial score (nSPS) is 10.2. The van der Waals surface area contributed by atoms with Crippen LogP contribution in [0.4, 0.5) is 0 Å². The van der Waals surface area contributed by atoms with Crippen molar-refractivity contribution in [3.8, 4) is 0 Å². The highest BCUT2D eigenvalue weighted by Gasteiger charge is 2.13. The number of carbonyl (C=O) groups excluding carboxylic acids is 1. The van der Waals surface area contributed by atoms with Crippen LogP contribution in [0.1, 0.15) is 21.8 Å².